The molecule has 5 nitrogen and oxygen atoms in total. The van der Waals surface area contributed by atoms with Gasteiger partial charge in [-0.15, -0.1) is 0 Å². The summed E-state index contributed by atoms with van der Waals surface area (Å²) in [5.41, 5.74) is 1.72. The van der Waals surface area contributed by atoms with Crippen LogP contribution in [-0.2, 0) is 0 Å². The lowest BCUT2D eigenvalue weighted by Gasteiger charge is -2.10. The number of nitrogens with zero attached hydrogens (tertiary/aromatic N) is 3. The average molecular weight is 286 g/mol. The Morgan fingerprint density at radius 3 is 2.80 bits per heavy atom. The Hall–Kier alpha value is -2.40. The van der Waals surface area contributed by atoms with E-state index in [-0.39, 0.29) is 0 Å². The van der Waals surface area contributed by atoms with Gasteiger partial charge in [0, 0.05) is 18.6 Å². The van der Waals surface area contributed by atoms with Crippen molar-refractivity contribution in [3.63, 3.8) is 0 Å². The van der Waals surface area contributed by atoms with Crippen molar-refractivity contribution in [2.45, 2.75) is 0 Å². The first-order valence-electron chi connectivity index (χ1n) is 6.09. The van der Waals surface area contributed by atoms with E-state index in [2.05, 4.69) is 25.6 Å². The lowest BCUT2D eigenvalue weighted by Crippen LogP contribution is -2.01. The molecule has 20 heavy (non-hydrogen) atoms. The van der Waals surface area contributed by atoms with Gasteiger partial charge in [-0.1, -0.05) is 29.8 Å². The summed E-state index contributed by atoms with van der Waals surface area (Å²) < 4.78 is 0. The highest BCUT2D eigenvalue weighted by Gasteiger charge is 2.07. The van der Waals surface area contributed by atoms with Crippen molar-refractivity contribution in [1.29, 1.82) is 0 Å². The maximum absolute atomic E-state index is 6.12. The third-order valence-corrected chi connectivity index (χ3v) is 3.13. The summed E-state index contributed by atoms with van der Waals surface area (Å²) in [6.07, 6.45) is 3.31. The van der Waals surface area contributed by atoms with Gasteiger partial charge >= 0.3 is 0 Å². The fourth-order valence-electron chi connectivity index (χ4n) is 1.91. The number of nitrogens with one attached hydrogen (secondary N) is 2. The summed E-state index contributed by atoms with van der Waals surface area (Å²) in [6.45, 7) is 0. The number of benzene rings is 1. The van der Waals surface area contributed by atoms with Gasteiger partial charge in [-0.05, 0) is 12.1 Å². The maximum atomic E-state index is 6.12. The van der Waals surface area contributed by atoms with Gasteiger partial charge in [-0.25, -0.2) is 4.98 Å². The smallest absolute Gasteiger partial charge is 0.224 e. The molecular weight excluding hydrogens is 274 g/mol. The Kier molecular flexibility index (Phi) is 3.35. The number of para-hydroxylation sites is 1. The number of hydrogen-bond acceptors (Lipinski definition) is 5. The molecule has 0 saturated carbocycles. The first kappa shape index (κ1) is 12.6. The standard InChI is InChI=1S/C14H12ClN5/c1-16-14-18-8-10(15)13(20-14)19-11-6-2-4-9-5-3-7-17-12(9)11/h2-8H,1H3,(H2,16,18,19,20). The molecule has 2 heterocycles. The SMILES string of the molecule is CNc1ncc(Cl)c(Nc2cccc3cccnc23)n1. The number of anilines is 3. The summed E-state index contributed by atoms with van der Waals surface area (Å²) in [5.74, 6) is 1.05. The topological polar surface area (TPSA) is 62.7 Å². The highest BCUT2D eigenvalue weighted by atomic mass is 35.5. The van der Waals surface area contributed by atoms with Crippen LogP contribution in [0.2, 0.25) is 5.02 Å². The maximum Gasteiger partial charge on any atom is 0.224 e. The fraction of sp³-hybridized carbons (Fsp3) is 0.0714. The molecule has 0 spiro atoms. The predicted octanol–water partition coefficient (Wildman–Crippen LogP) is 3.46. The minimum Gasteiger partial charge on any atom is -0.357 e. The number of hydrogen-bond donors (Lipinski definition) is 2. The molecule has 2 N–H and O–H groups in total. The second kappa shape index (κ2) is 5.30. The molecule has 0 radical (unpaired) electrons. The summed E-state index contributed by atoms with van der Waals surface area (Å²) in [4.78, 5) is 12.7. The van der Waals surface area contributed by atoms with Crippen LogP contribution in [0.25, 0.3) is 10.9 Å². The zero-order valence-corrected chi connectivity index (χ0v) is 11.5. The van der Waals surface area contributed by atoms with E-state index in [1.165, 1.54) is 0 Å². The van der Waals surface area contributed by atoms with Crippen LogP contribution in [0.15, 0.2) is 42.7 Å². The zero-order valence-electron chi connectivity index (χ0n) is 10.8. The van der Waals surface area contributed by atoms with E-state index in [0.717, 1.165) is 16.6 Å². The molecular formula is C14H12ClN5. The molecule has 0 bridgehead atoms. The number of halogens is 1. The molecule has 1 aromatic carbocycles. The fourth-order valence-corrected chi connectivity index (χ4v) is 2.05. The van der Waals surface area contributed by atoms with Crippen LogP contribution in [0, 0.1) is 0 Å². The van der Waals surface area contributed by atoms with Crippen LogP contribution in [0.1, 0.15) is 0 Å². The van der Waals surface area contributed by atoms with E-state index < -0.39 is 0 Å². The molecule has 0 aliphatic heterocycles. The van der Waals surface area contributed by atoms with E-state index in [9.17, 15) is 0 Å². The molecule has 3 aromatic rings. The molecule has 100 valence electrons. The zero-order chi connectivity index (χ0) is 13.9. The summed E-state index contributed by atoms with van der Waals surface area (Å²) in [6, 6.07) is 9.82. The van der Waals surface area contributed by atoms with Crippen LogP contribution < -0.4 is 10.6 Å². The predicted molar refractivity (Wildman–Crippen MR) is 81.6 cm³/mol. The molecule has 2 aromatic heterocycles. The number of pyridine rings is 1. The number of aromatic nitrogens is 3. The van der Waals surface area contributed by atoms with Gasteiger partial charge < -0.3 is 10.6 Å². The van der Waals surface area contributed by atoms with Crippen LogP contribution in [0.5, 0.6) is 0 Å². The van der Waals surface area contributed by atoms with Crippen molar-refractivity contribution >= 4 is 40.0 Å². The molecule has 0 amide bonds. The average Bonchev–Trinajstić information content (AvgIpc) is 2.50. The summed E-state index contributed by atoms with van der Waals surface area (Å²) >= 11 is 6.12. The molecule has 0 saturated heterocycles. The highest BCUT2D eigenvalue weighted by molar-refractivity contribution is 6.33. The van der Waals surface area contributed by atoms with E-state index in [0.29, 0.717) is 16.8 Å². The van der Waals surface area contributed by atoms with E-state index in [1.54, 1.807) is 19.4 Å². The first-order valence-corrected chi connectivity index (χ1v) is 6.47. The minimum absolute atomic E-state index is 0.455. The van der Waals surface area contributed by atoms with E-state index >= 15 is 0 Å². The van der Waals surface area contributed by atoms with Crippen LogP contribution in [0.4, 0.5) is 17.5 Å². The van der Waals surface area contributed by atoms with E-state index in [1.807, 2.05) is 30.3 Å². The molecule has 0 aliphatic carbocycles. The van der Waals surface area contributed by atoms with Crippen LogP contribution in [-0.4, -0.2) is 22.0 Å². The van der Waals surface area contributed by atoms with Gasteiger partial charge in [0.05, 0.1) is 17.4 Å². The minimum atomic E-state index is 0.455. The Labute approximate surface area is 121 Å². The highest BCUT2D eigenvalue weighted by Crippen LogP contribution is 2.27. The Bertz CT molecular complexity index is 754. The van der Waals surface area contributed by atoms with Crippen molar-refractivity contribution in [3.05, 3.63) is 47.7 Å². The molecule has 6 heteroatoms. The number of rotatable bonds is 3. The van der Waals surface area contributed by atoms with Gasteiger partial charge in [-0.3, -0.25) is 4.98 Å². The van der Waals surface area contributed by atoms with Crippen LogP contribution in [0.3, 0.4) is 0 Å². The van der Waals surface area contributed by atoms with Crippen LogP contribution >= 0.6 is 11.6 Å². The van der Waals surface area contributed by atoms with Gasteiger partial charge in [0.25, 0.3) is 0 Å². The Morgan fingerprint density at radius 1 is 1.10 bits per heavy atom. The summed E-state index contributed by atoms with van der Waals surface area (Å²) in [5, 5.41) is 7.59. The van der Waals surface area contributed by atoms with Gasteiger partial charge in [0.1, 0.15) is 5.02 Å². The second-order valence-electron chi connectivity index (χ2n) is 4.15. The van der Waals surface area contributed by atoms with Crippen molar-refractivity contribution < 1.29 is 0 Å². The largest absolute Gasteiger partial charge is 0.357 e. The van der Waals surface area contributed by atoms with Gasteiger partial charge in [0.15, 0.2) is 5.82 Å². The van der Waals surface area contributed by atoms with Crippen molar-refractivity contribution in [3.8, 4) is 0 Å². The second-order valence-corrected chi connectivity index (χ2v) is 4.55. The molecule has 0 unspecified atom stereocenters. The van der Waals surface area contributed by atoms with Gasteiger partial charge in [-0.2, -0.15) is 4.98 Å². The van der Waals surface area contributed by atoms with Crippen molar-refractivity contribution in [2.75, 3.05) is 17.7 Å². The monoisotopic (exact) mass is 285 g/mol. The first-order chi connectivity index (χ1) is 9.78. The lowest BCUT2D eigenvalue weighted by molar-refractivity contribution is 1.15. The third kappa shape index (κ3) is 2.35. The normalized spacial score (nSPS) is 10.5. The molecule has 0 atom stereocenters. The van der Waals surface area contributed by atoms with Crippen molar-refractivity contribution in [1.82, 2.24) is 15.0 Å². The Morgan fingerprint density at radius 2 is 1.95 bits per heavy atom. The van der Waals surface area contributed by atoms with E-state index in [4.69, 9.17) is 11.6 Å². The lowest BCUT2D eigenvalue weighted by atomic mass is 10.2. The number of fused-ring (bicyclic) bond motifs is 1. The molecule has 0 fully saturated rings. The molecule has 3 rings (SSSR count). The molecule has 0 aliphatic rings. The quantitative estimate of drug-likeness (QED) is 0.771. The van der Waals surface area contributed by atoms with Gasteiger partial charge in [0.2, 0.25) is 5.95 Å². The van der Waals surface area contributed by atoms with Crippen molar-refractivity contribution in [2.24, 2.45) is 0 Å². The Balaban J connectivity index is 2.05. The summed E-state index contributed by atoms with van der Waals surface area (Å²) in [7, 11) is 1.76. The third-order valence-electron chi connectivity index (χ3n) is 2.85.